The lowest BCUT2D eigenvalue weighted by molar-refractivity contribution is -0.123. The van der Waals surface area contributed by atoms with Gasteiger partial charge in [0.2, 0.25) is 0 Å². The number of methoxy groups -OCH3 is 1. The molecule has 0 saturated carbocycles. The van der Waals surface area contributed by atoms with Crippen molar-refractivity contribution in [2.45, 2.75) is 6.61 Å². The second kappa shape index (κ2) is 11.1. The highest BCUT2D eigenvalue weighted by Crippen LogP contribution is 2.28. The predicted molar refractivity (Wildman–Crippen MR) is 119 cm³/mol. The summed E-state index contributed by atoms with van der Waals surface area (Å²) >= 11 is 2.27. The van der Waals surface area contributed by atoms with E-state index in [9.17, 15) is 4.79 Å². The van der Waals surface area contributed by atoms with Crippen molar-refractivity contribution in [3.05, 3.63) is 57.2 Å². The van der Waals surface area contributed by atoms with Gasteiger partial charge in [-0.1, -0.05) is 12.1 Å². The minimum absolute atomic E-state index is 0.146. The average molecular weight is 509 g/mol. The fourth-order valence-corrected chi connectivity index (χ4v) is 3.16. The van der Waals surface area contributed by atoms with Crippen LogP contribution >= 0.6 is 22.6 Å². The minimum atomic E-state index is -0.146. The summed E-state index contributed by atoms with van der Waals surface area (Å²) in [6, 6.07) is 13.7. The number of hydrazone groups is 1. The molecule has 7 nitrogen and oxygen atoms in total. The quantitative estimate of drug-likeness (QED) is 0.337. The van der Waals surface area contributed by atoms with Crippen LogP contribution in [0.25, 0.3) is 0 Å². The summed E-state index contributed by atoms with van der Waals surface area (Å²) in [5.41, 5.74) is 4.44. The first-order chi connectivity index (χ1) is 14.1. The number of carbonyl (C=O) groups is 1. The highest BCUT2D eigenvalue weighted by molar-refractivity contribution is 14.1. The molecule has 154 valence electrons. The summed E-state index contributed by atoms with van der Waals surface area (Å²) in [4.78, 5) is 14.0. The Morgan fingerprint density at radius 1 is 1.21 bits per heavy atom. The van der Waals surface area contributed by atoms with Crippen LogP contribution in [0, 0.1) is 3.57 Å². The van der Waals surface area contributed by atoms with Crippen LogP contribution in [0.4, 0.5) is 0 Å². The van der Waals surface area contributed by atoms with Gasteiger partial charge in [0.05, 0.1) is 33.1 Å². The van der Waals surface area contributed by atoms with Gasteiger partial charge in [0.25, 0.3) is 5.91 Å². The molecule has 1 saturated heterocycles. The van der Waals surface area contributed by atoms with E-state index in [0.717, 1.165) is 24.2 Å². The molecule has 2 aromatic carbocycles. The van der Waals surface area contributed by atoms with Crippen molar-refractivity contribution in [3.63, 3.8) is 0 Å². The van der Waals surface area contributed by atoms with Crippen LogP contribution in [0.1, 0.15) is 11.1 Å². The maximum Gasteiger partial charge on any atom is 0.254 e. The lowest BCUT2D eigenvalue weighted by atomic mass is 10.2. The molecule has 1 aliphatic heterocycles. The van der Waals surface area contributed by atoms with Crippen molar-refractivity contribution in [3.8, 4) is 11.5 Å². The van der Waals surface area contributed by atoms with E-state index in [1.807, 2.05) is 47.4 Å². The second-order valence-corrected chi connectivity index (χ2v) is 7.75. The summed E-state index contributed by atoms with van der Waals surface area (Å²) in [5.74, 6) is 1.12. The third kappa shape index (κ3) is 6.98. The molecular formula is C21H24IN3O4. The molecule has 0 radical (unpaired) electrons. The number of rotatable bonds is 8. The number of nitrogens with one attached hydrogen (secondary N) is 1. The molecule has 0 spiro atoms. The molecule has 0 aliphatic carbocycles. The van der Waals surface area contributed by atoms with Crippen LogP contribution in [0.2, 0.25) is 0 Å². The zero-order chi connectivity index (χ0) is 20.5. The first-order valence-corrected chi connectivity index (χ1v) is 10.4. The Balaban J connectivity index is 1.52. The van der Waals surface area contributed by atoms with E-state index in [2.05, 4.69) is 33.1 Å². The lowest BCUT2D eigenvalue weighted by Crippen LogP contribution is -2.42. The molecule has 1 fully saturated rings. The molecule has 1 aliphatic rings. The van der Waals surface area contributed by atoms with Crippen LogP contribution in [-0.2, 0) is 16.1 Å². The molecule has 0 atom stereocenters. The number of nitrogens with zero attached hydrogens (tertiary/aromatic N) is 2. The van der Waals surface area contributed by atoms with Crippen molar-refractivity contribution >= 4 is 34.7 Å². The van der Waals surface area contributed by atoms with Crippen molar-refractivity contribution in [1.82, 2.24) is 10.3 Å². The highest BCUT2D eigenvalue weighted by Gasteiger charge is 2.13. The van der Waals surface area contributed by atoms with Crippen molar-refractivity contribution in [2.24, 2.45) is 5.10 Å². The average Bonchev–Trinajstić information content (AvgIpc) is 2.74. The molecule has 1 amide bonds. The van der Waals surface area contributed by atoms with E-state index in [4.69, 9.17) is 14.2 Å². The van der Waals surface area contributed by atoms with Crippen molar-refractivity contribution < 1.29 is 19.0 Å². The zero-order valence-corrected chi connectivity index (χ0v) is 18.4. The number of ether oxygens (including phenoxy) is 3. The third-order valence-corrected chi connectivity index (χ3v) is 5.09. The number of halogens is 1. The molecule has 0 unspecified atom stereocenters. The lowest BCUT2D eigenvalue weighted by Gasteiger charge is -2.25. The summed E-state index contributed by atoms with van der Waals surface area (Å²) in [6.07, 6.45) is 1.59. The SMILES string of the molecule is COc1cc(C=NNC(=O)CN2CCOCC2)ccc1OCc1ccc(I)cc1. The Morgan fingerprint density at radius 2 is 1.97 bits per heavy atom. The minimum Gasteiger partial charge on any atom is -0.493 e. The van der Waals surface area contributed by atoms with E-state index in [1.165, 1.54) is 3.57 Å². The predicted octanol–water partition coefficient (Wildman–Crippen LogP) is 2.66. The van der Waals surface area contributed by atoms with E-state index >= 15 is 0 Å². The van der Waals surface area contributed by atoms with Gasteiger partial charge >= 0.3 is 0 Å². The number of amides is 1. The molecule has 3 rings (SSSR count). The first-order valence-electron chi connectivity index (χ1n) is 9.31. The second-order valence-electron chi connectivity index (χ2n) is 6.51. The molecular weight excluding hydrogens is 485 g/mol. The van der Waals surface area contributed by atoms with Gasteiger partial charge in [-0.05, 0) is 64.0 Å². The summed E-state index contributed by atoms with van der Waals surface area (Å²) in [6.45, 7) is 3.62. The van der Waals surface area contributed by atoms with E-state index in [1.54, 1.807) is 13.3 Å². The standard InChI is InChI=1S/C21H24IN3O4/c1-27-20-12-17(13-23-24-21(26)14-25-8-10-28-11-9-25)4-7-19(20)29-15-16-2-5-18(22)6-3-16/h2-7,12-13H,8-11,14-15H2,1H3,(H,24,26). The van der Waals surface area contributed by atoms with Gasteiger partial charge in [-0.15, -0.1) is 0 Å². The van der Waals surface area contributed by atoms with Crippen LogP contribution in [0.5, 0.6) is 11.5 Å². The smallest absolute Gasteiger partial charge is 0.254 e. The fraction of sp³-hybridized carbons (Fsp3) is 0.333. The van der Waals surface area contributed by atoms with E-state index < -0.39 is 0 Å². The first kappa shape index (κ1) is 21.5. The number of morpholine rings is 1. The Morgan fingerprint density at radius 3 is 2.69 bits per heavy atom. The zero-order valence-electron chi connectivity index (χ0n) is 16.3. The summed E-state index contributed by atoms with van der Waals surface area (Å²) < 4.78 is 17.8. The van der Waals surface area contributed by atoms with Crippen LogP contribution in [0.15, 0.2) is 47.6 Å². The molecule has 8 heteroatoms. The van der Waals surface area contributed by atoms with Crippen LogP contribution in [-0.4, -0.2) is 57.0 Å². The van der Waals surface area contributed by atoms with Gasteiger partial charge in [-0.3, -0.25) is 9.69 Å². The Labute approximate surface area is 184 Å². The van der Waals surface area contributed by atoms with Gasteiger partial charge < -0.3 is 14.2 Å². The largest absolute Gasteiger partial charge is 0.493 e. The van der Waals surface area contributed by atoms with E-state index in [0.29, 0.717) is 37.9 Å². The Hall–Kier alpha value is -2.17. The van der Waals surface area contributed by atoms with Gasteiger partial charge in [0, 0.05) is 16.7 Å². The normalized spacial score (nSPS) is 14.7. The van der Waals surface area contributed by atoms with Gasteiger partial charge in [-0.2, -0.15) is 5.10 Å². The van der Waals surface area contributed by atoms with E-state index in [-0.39, 0.29) is 5.91 Å². The van der Waals surface area contributed by atoms with Gasteiger partial charge in [0.1, 0.15) is 6.61 Å². The summed E-state index contributed by atoms with van der Waals surface area (Å²) in [7, 11) is 1.60. The Bertz CT molecular complexity index is 836. The molecule has 1 heterocycles. The molecule has 0 bridgehead atoms. The molecule has 0 aromatic heterocycles. The fourth-order valence-electron chi connectivity index (χ4n) is 2.80. The highest BCUT2D eigenvalue weighted by atomic mass is 127. The summed E-state index contributed by atoms with van der Waals surface area (Å²) in [5, 5.41) is 4.03. The molecule has 1 N–H and O–H groups in total. The number of carbonyl (C=O) groups excluding carboxylic acids is 1. The van der Waals surface area contributed by atoms with Crippen molar-refractivity contribution in [1.29, 1.82) is 0 Å². The van der Waals surface area contributed by atoms with Crippen LogP contribution < -0.4 is 14.9 Å². The molecule has 2 aromatic rings. The van der Waals surface area contributed by atoms with Gasteiger partial charge in [-0.25, -0.2) is 5.43 Å². The number of hydrogen-bond acceptors (Lipinski definition) is 6. The maximum absolute atomic E-state index is 12.0. The van der Waals surface area contributed by atoms with Crippen LogP contribution in [0.3, 0.4) is 0 Å². The van der Waals surface area contributed by atoms with Gasteiger partial charge in [0.15, 0.2) is 11.5 Å². The molecule has 29 heavy (non-hydrogen) atoms. The monoisotopic (exact) mass is 509 g/mol. The maximum atomic E-state index is 12.0. The third-order valence-electron chi connectivity index (χ3n) is 4.37. The number of benzene rings is 2. The number of hydrogen-bond donors (Lipinski definition) is 1. The Kier molecular flexibility index (Phi) is 8.26. The van der Waals surface area contributed by atoms with Crippen molar-refractivity contribution in [2.75, 3.05) is 40.0 Å². The topological polar surface area (TPSA) is 72.4 Å².